The molecule has 0 aliphatic rings. The standard InChI is InChI=1S/C16H17F2NO/c1-2-20-16-5-3-4-12(8-16)10-19-11-13-6-14(17)9-15(18)7-13/h3-9,19H,2,10-11H2,1H3. The molecule has 0 aromatic heterocycles. The third kappa shape index (κ3) is 4.31. The van der Waals surface area contributed by atoms with E-state index in [0.717, 1.165) is 17.4 Å². The highest BCUT2D eigenvalue weighted by Gasteiger charge is 2.01. The fraction of sp³-hybridized carbons (Fsp3) is 0.250. The van der Waals surface area contributed by atoms with Gasteiger partial charge in [0, 0.05) is 19.2 Å². The van der Waals surface area contributed by atoms with Gasteiger partial charge in [-0.25, -0.2) is 8.78 Å². The maximum Gasteiger partial charge on any atom is 0.126 e. The van der Waals surface area contributed by atoms with E-state index in [-0.39, 0.29) is 0 Å². The van der Waals surface area contributed by atoms with E-state index in [4.69, 9.17) is 4.74 Å². The third-order valence-corrected chi connectivity index (χ3v) is 2.79. The molecule has 0 heterocycles. The summed E-state index contributed by atoms with van der Waals surface area (Å²) >= 11 is 0. The number of nitrogens with one attached hydrogen (secondary N) is 1. The summed E-state index contributed by atoms with van der Waals surface area (Å²) in [5.41, 5.74) is 1.65. The van der Waals surface area contributed by atoms with E-state index in [9.17, 15) is 8.78 Å². The Labute approximate surface area is 117 Å². The van der Waals surface area contributed by atoms with Crippen molar-refractivity contribution < 1.29 is 13.5 Å². The average Bonchev–Trinajstić information content (AvgIpc) is 2.38. The van der Waals surface area contributed by atoms with Crippen LogP contribution >= 0.6 is 0 Å². The Balaban J connectivity index is 1.90. The Bertz CT molecular complexity index is 552. The van der Waals surface area contributed by atoms with Crippen LogP contribution in [0.15, 0.2) is 42.5 Å². The van der Waals surface area contributed by atoms with Gasteiger partial charge in [0.15, 0.2) is 0 Å². The fourth-order valence-electron chi connectivity index (χ4n) is 1.98. The number of rotatable bonds is 6. The first-order chi connectivity index (χ1) is 9.67. The van der Waals surface area contributed by atoms with E-state index in [1.165, 1.54) is 12.1 Å². The molecule has 0 aliphatic carbocycles. The molecule has 4 heteroatoms. The molecule has 2 aromatic carbocycles. The molecule has 0 fully saturated rings. The molecule has 0 aliphatic heterocycles. The fourth-order valence-corrected chi connectivity index (χ4v) is 1.98. The lowest BCUT2D eigenvalue weighted by Crippen LogP contribution is -2.13. The first-order valence-corrected chi connectivity index (χ1v) is 6.55. The molecule has 0 saturated carbocycles. The van der Waals surface area contributed by atoms with Crippen molar-refractivity contribution in [2.24, 2.45) is 0 Å². The third-order valence-electron chi connectivity index (χ3n) is 2.79. The number of benzene rings is 2. The monoisotopic (exact) mass is 277 g/mol. The molecule has 106 valence electrons. The van der Waals surface area contributed by atoms with Crippen molar-refractivity contribution in [2.75, 3.05) is 6.61 Å². The Hall–Kier alpha value is -1.94. The van der Waals surface area contributed by atoms with Gasteiger partial charge in [-0.05, 0) is 42.3 Å². The molecule has 2 aromatic rings. The van der Waals surface area contributed by atoms with Crippen molar-refractivity contribution >= 4 is 0 Å². The lowest BCUT2D eigenvalue weighted by atomic mass is 10.2. The van der Waals surface area contributed by atoms with Crippen molar-refractivity contribution in [2.45, 2.75) is 20.0 Å². The molecule has 0 atom stereocenters. The van der Waals surface area contributed by atoms with E-state index < -0.39 is 11.6 Å². The minimum Gasteiger partial charge on any atom is -0.494 e. The lowest BCUT2D eigenvalue weighted by Gasteiger charge is -2.08. The zero-order chi connectivity index (χ0) is 14.4. The second-order valence-corrected chi connectivity index (χ2v) is 4.46. The first-order valence-electron chi connectivity index (χ1n) is 6.55. The quantitative estimate of drug-likeness (QED) is 0.870. The Morgan fingerprint density at radius 1 is 0.950 bits per heavy atom. The average molecular weight is 277 g/mol. The largest absolute Gasteiger partial charge is 0.494 e. The maximum atomic E-state index is 13.0. The van der Waals surface area contributed by atoms with E-state index in [1.807, 2.05) is 31.2 Å². The van der Waals surface area contributed by atoms with Gasteiger partial charge in [0.05, 0.1) is 6.61 Å². The van der Waals surface area contributed by atoms with Gasteiger partial charge in [0.25, 0.3) is 0 Å². The summed E-state index contributed by atoms with van der Waals surface area (Å²) in [6, 6.07) is 11.3. The molecule has 0 unspecified atom stereocenters. The predicted octanol–water partition coefficient (Wildman–Crippen LogP) is 3.65. The van der Waals surface area contributed by atoms with Crippen molar-refractivity contribution in [1.82, 2.24) is 5.32 Å². The zero-order valence-corrected chi connectivity index (χ0v) is 11.3. The van der Waals surface area contributed by atoms with Crippen LogP contribution in [0.1, 0.15) is 18.1 Å². The van der Waals surface area contributed by atoms with Crippen LogP contribution in [-0.2, 0) is 13.1 Å². The highest BCUT2D eigenvalue weighted by atomic mass is 19.1. The molecular formula is C16H17F2NO. The number of hydrogen-bond donors (Lipinski definition) is 1. The topological polar surface area (TPSA) is 21.3 Å². The lowest BCUT2D eigenvalue weighted by molar-refractivity contribution is 0.340. The van der Waals surface area contributed by atoms with Gasteiger partial charge in [-0.3, -0.25) is 0 Å². The van der Waals surface area contributed by atoms with Crippen LogP contribution in [0, 0.1) is 11.6 Å². The summed E-state index contributed by atoms with van der Waals surface area (Å²) in [6.07, 6.45) is 0. The maximum absolute atomic E-state index is 13.0. The van der Waals surface area contributed by atoms with Crippen molar-refractivity contribution in [3.05, 3.63) is 65.2 Å². The minimum atomic E-state index is -0.555. The Morgan fingerprint density at radius 2 is 1.65 bits per heavy atom. The molecule has 20 heavy (non-hydrogen) atoms. The van der Waals surface area contributed by atoms with E-state index >= 15 is 0 Å². The van der Waals surface area contributed by atoms with Gasteiger partial charge in [0.1, 0.15) is 17.4 Å². The second kappa shape index (κ2) is 7.01. The van der Waals surface area contributed by atoms with Gasteiger partial charge < -0.3 is 10.1 Å². The molecule has 0 amide bonds. The molecule has 0 bridgehead atoms. The molecule has 1 N–H and O–H groups in total. The molecule has 0 saturated heterocycles. The van der Waals surface area contributed by atoms with Gasteiger partial charge >= 0.3 is 0 Å². The highest BCUT2D eigenvalue weighted by Crippen LogP contribution is 2.13. The number of ether oxygens (including phenoxy) is 1. The van der Waals surface area contributed by atoms with Crippen LogP contribution in [0.4, 0.5) is 8.78 Å². The molecule has 0 spiro atoms. The summed E-state index contributed by atoms with van der Waals surface area (Å²) in [7, 11) is 0. The van der Waals surface area contributed by atoms with Crippen molar-refractivity contribution in [3.63, 3.8) is 0 Å². The van der Waals surface area contributed by atoms with Gasteiger partial charge in [-0.1, -0.05) is 12.1 Å². The number of hydrogen-bond acceptors (Lipinski definition) is 2. The van der Waals surface area contributed by atoms with Crippen molar-refractivity contribution in [3.8, 4) is 5.75 Å². The SMILES string of the molecule is CCOc1cccc(CNCc2cc(F)cc(F)c2)c1. The van der Waals surface area contributed by atoms with Gasteiger partial charge in [-0.15, -0.1) is 0 Å². The van der Waals surface area contributed by atoms with Crippen LogP contribution in [0.2, 0.25) is 0 Å². The molecule has 2 rings (SSSR count). The van der Waals surface area contributed by atoms with Crippen LogP contribution in [0.5, 0.6) is 5.75 Å². The molecular weight excluding hydrogens is 260 g/mol. The smallest absolute Gasteiger partial charge is 0.126 e. The molecule has 0 radical (unpaired) electrons. The van der Waals surface area contributed by atoms with Gasteiger partial charge in [0.2, 0.25) is 0 Å². The number of halogens is 2. The van der Waals surface area contributed by atoms with Gasteiger partial charge in [-0.2, -0.15) is 0 Å². The van der Waals surface area contributed by atoms with E-state index in [2.05, 4.69) is 5.32 Å². The van der Waals surface area contributed by atoms with Crippen molar-refractivity contribution in [1.29, 1.82) is 0 Å². The van der Waals surface area contributed by atoms with Crippen LogP contribution < -0.4 is 10.1 Å². The zero-order valence-electron chi connectivity index (χ0n) is 11.3. The van der Waals surface area contributed by atoms with Crippen LogP contribution in [0.25, 0.3) is 0 Å². The summed E-state index contributed by atoms with van der Waals surface area (Å²) in [6.45, 7) is 3.58. The molecule has 2 nitrogen and oxygen atoms in total. The summed E-state index contributed by atoms with van der Waals surface area (Å²) in [4.78, 5) is 0. The first kappa shape index (κ1) is 14.5. The highest BCUT2D eigenvalue weighted by molar-refractivity contribution is 5.28. The Kier molecular flexibility index (Phi) is 5.07. The van der Waals surface area contributed by atoms with Crippen LogP contribution in [0.3, 0.4) is 0 Å². The minimum absolute atomic E-state index is 0.410. The normalized spacial score (nSPS) is 10.6. The summed E-state index contributed by atoms with van der Waals surface area (Å²) in [5.74, 6) is -0.288. The summed E-state index contributed by atoms with van der Waals surface area (Å²) < 4.78 is 31.5. The van der Waals surface area contributed by atoms with Crippen LogP contribution in [-0.4, -0.2) is 6.61 Å². The summed E-state index contributed by atoms with van der Waals surface area (Å²) in [5, 5.41) is 3.15. The van der Waals surface area contributed by atoms with E-state index in [0.29, 0.717) is 25.3 Å². The second-order valence-electron chi connectivity index (χ2n) is 4.46. The Morgan fingerprint density at radius 3 is 2.35 bits per heavy atom. The predicted molar refractivity (Wildman–Crippen MR) is 74.5 cm³/mol. The van der Waals surface area contributed by atoms with E-state index in [1.54, 1.807) is 0 Å².